The maximum Gasteiger partial charge on any atom is 0.151 e. The van der Waals surface area contributed by atoms with Gasteiger partial charge in [-0.25, -0.2) is 0 Å². The van der Waals surface area contributed by atoms with E-state index < -0.39 is 0 Å². The second-order valence-electron chi connectivity index (χ2n) is 11.3. The summed E-state index contributed by atoms with van der Waals surface area (Å²) in [5.41, 5.74) is 14.2. The molecule has 5 aromatic rings. The van der Waals surface area contributed by atoms with Gasteiger partial charge in [-0.05, 0) is 93.3 Å². The van der Waals surface area contributed by atoms with Crippen molar-refractivity contribution < 1.29 is 4.74 Å². The molecule has 2 atom stereocenters. The fraction of sp³-hybridized carbons (Fsp3) is 0.105. The minimum Gasteiger partial charge on any atom is -0.453 e. The molecule has 5 aromatic carbocycles. The van der Waals surface area contributed by atoms with Crippen molar-refractivity contribution in [3.8, 4) is 22.6 Å². The number of hydrogen-bond acceptors (Lipinski definition) is 2. The summed E-state index contributed by atoms with van der Waals surface area (Å²) in [4.78, 5) is 2.35. The topological polar surface area (TPSA) is 12.5 Å². The van der Waals surface area contributed by atoms with Crippen LogP contribution in [0.2, 0.25) is 0 Å². The van der Waals surface area contributed by atoms with Gasteiger partial charge in [-0.2, -0.15) is 0 Å². The highest BCUT2D eigenvalue weighted by molar-refractivity contribution is 5.98. The minimum absolute atomic E-state index is 0.289. The summed E-state index contributed by atoms with van der Waals surface area (Å²) in [7, 11) is 0. The molecule has 9 rings (SSSR count). The molecule has 0 aromatic heterocycles. The molecular formula is C38H27NO. The van der Waals surface area contributed by atoms with Crippen LogP contribution in [-0.4, -0.2) is 0 Å². The van der Waals surface area contributed by atoms with E-state index in [1.165, 1.54) is 44.5 Å². The lowest BCUT2D eigenvalue weighted by Gasteiger charge is -2.34. The van der Waals surface area contributed by atoms with E-state index in [0.29, 0.717) is 5.92 Å². The van der Waals surface area contributed by atoms with E-state index in [9.17, 15) is 0 Å². The Bertz CT molecular complexity index is 1900. The first-order chi connectivity index (χ1) is 19.8. The number of para-hydroxylation sites is 4. The largest absolute Gasteiger partial charge is 0.453 e. The maximum atomic E-state index is 6.31. The average molecular weight is 514 g/mol. The standard InChI is InChI=1S/C38H27NO/c1-24-11-10-16-32-37(24)27-13-3-5-15-30(27)38(32)29-14-4-2-12-26(29)28-23-25(21-22-31(28)38)39-33-17-6-8-19-35(33)40-36-20-9-7-18-34(36)39/h2-10,12-24H,11H2,1H3. The number of benzene rings is 5. The Morgan fingerprint density at radius 2 is 1.25 bits per heavy atom. The molecule has 190 valence electrons. The smallest absolute Gasteiger partial charge is 0.151 e. The summed E-state index contributed by atoms with van der Waals surface area (Å²) in [5, 5.41) is 0. The molecule has 0 radical (unpaired) electrons. The van der Waals surface area contributed by atoms with Gasteiger partial charge < -0.3 is 9.64 Å². The second-order valence-corrected chi connectivity index (χ2v) is 11.3. The van der Waals surface area contributed by atoms with Crippen LogP contribution in [0, 0.1) is 5.92 Å². The van der Waals surface area contributed by atoms with Gasteiger partial charge in [0.25, 0.3) is 0 Å². The van der Waals surface area contributed by atoms with Gasteiger partial charge in [0.05, 0.1) is 16.8 Å². The van der Waals surface area contributed by atoms with Gasteiger partial charge in [0.15, 0.2) is 11.5 Å². The molecular weight excluding hydrogens is 486 g/mol. The maximum absolute atomic E-state index is 6.31. The van der Waals surface area contributed by atoms with Crippen LogP contribution in [0.15, 0.2) is 133 Å². The van der Waals surface area contributed by atoms with Gasteiger partial charge in [-0.3, -0.25) is 0 Å². The van der Waals surface area contributed by atoms with Crippen LogP contribution >= 0.6 is 0 Å². The van der Waals surface area contributed by atoms with Crippen molar-refractivity contribution >= 4 is 22.6 Å². The van der Waals surface area contributed by atoms with Gasteiger partial charge in [-0.15, -0.1) is 0 Å². The number of fused-ring (bicyclic) bond motifs is 11. The summed E-state index contributed by atoms with van der Waals surface area (Å²) in [6.45, 7) is 2.38. The lowest BCUT2D eigenvalue weighted by molar-refractivity contribution is 0.477. The minimum atomic E-state index is -0.289. The average Bonchev–Trinajstić information content (AvgIpc) is 3.47. The Labute approximate surface area is 234 Å². The van der Waals surface area contributed by atoms with Gasteiger partial charge in [0.2, 0.25) is 0 Å². The van der Waals surface area contributed by atoms with E-state index in [4.69, 9.17) is 4.74 Å². The van der Waals surface area contributed by atoms with Crippen molar-refractivity contribution in [1.82, 2.24) is 0 Å². The zero-order valence-electron chi connectivity index (χ0n) is 22.3. The number of hydrogen-bond donors (Lipinski definition) is 0. The fourth-order valence-electron chi connectivity index (χ4n) is 7.77. The molecule has 2 heteroatoms. The third kappa shape index (κ3) is 2.64. The summed E-state index contributed by atoms with van der Waals surface area (Å²) in [5.74, 6) is 2.25. The Morgan fingerprint density at radius 3 is 2.00 bits per heavy atom. The monoisotopic (exact) mass is 513 g/mol. The van der Waals surface area contributed by atoms with Crippen molar-refractivity contribution in [3.05, 3.63) is 155 Å². The van der Waals surface area contributed by atoms with Crippen LogP contribution in [0.25, 0.3) is 16.7 Å². The summed E-state index contributed by atoms with van der Waals surface area (Å²) in [6, 6.07) is 41.9. The number of rotatable bonds is 1. The van der Waals surface area contributed by atoms with Gasteiger partial charge in [0.1, 0.15) is 0 Å². The van der Waals surface area contributed by atoms with Crippen LogP contribution in [0.3, 0.4) is 0 Å². The highest BCUT2D eigenvalue weighted by Crippen LogP contribution is 2.64. The molecule has 0 bridgehead atoms. The number of ether oxygens (including phenoxy) is 1. The van der Waals surface area contributed by atoms with Crippen LogP contribution in [0.4, 0.5) is 17.1 Å². The first kappa shape index (κ1) is 22.0. The zero-order valence-corrected chi connectivity index (χ0v) is 22.3. The van der Waals surface area contributed by atoms with Crippen molar-refractivity contribution in [1.29, 1.82) is 0 Å². The van der Waals surface area contributed by atoms with E-state index in [2.05, 4.69) is 127 Å². The van der Waals surface area contributed by atoms with Gasteiger partial charge in [-0.1, -0.05) is 97.9 Å². The molecule has 2 nitrogen and oxygen atoms in total. The predicted octanol–water partition coefficient (Wildman–Crippen LogP) is 9.94. The highest BCUT2D eigenvalue weighted by Gasteiger charge is 2.53. The molecule has 2 unspecified atom stereocenters. The second kappa shape index (κ2) is 7.86. The fourth-order valence-corrected chi connectivity index (χ4v) is 7.77. The Morgan fingerprint density at radius 1 is 0.650 bits per heavy atom. The molecule has 0 N–H and O–H groups in total. The lowest BCUT2D eigenvalue weighted by atomic mass is 9.68. The SMILES string of the molecule is CC1CC=CC2=C1c1ccccc1C21c2ccccc2-c2cc(N3c4ccccc4Oc4ccccc43)ccc21. The summed E-state index contributed by atoms with van der Waals surface area (Å²) >= 11 is 0. The first-order valence-corrected chi connectivity index (χ1v) is 14.2. The Hall–Kier alpha value is -4.82. The van der Waals surface area contributed by atoms with E-state index in [-0.39, 0.29) is 5.41 Å². The van der Waals surface area contributed by atoms with E-state index in [0.717, 1.165) is 35.0 Å². The summed E-state index contributed by atoms with van der Waals surface area (Å²) in [6.07, 6.45) is 5.89. The molecule has 40 heavy (non-hydrogen) atoms. The predicted molar refractivity (Wildman–Crippen MR) is 163 cm³/mol. The van der Waals surface area contributed by atoms with Gasteiger partial charge >= 0.3 is 0 Å². The van der Waals surface area contributed by atoms with E-state index in [1.807, 2.05) is 12.1 Å². The molecule has 0 saturated heterocycles. The van der Waals surface area contributed by atoms with Crippen molar-refractivity contribution in [3.63, 3.8) is 0 Å². The summed E-state index contributed by atoms with van der Waals surface area (Å²) < 4.78 is 6.31. The van der Waals surface area contributed by atoms with Crippen LogP contribution in [0.5, 0.6) is 11.5 Å². The lowest BCUT2D eigenvalue weighted by Crippen LogP contribution is -2.27. The van der Waals surface area contributed by atoms with Crippen LogP contribution in [0.1, 0.15) is 35.6 Å². The molecule has 1 spiro atoms. The molecule has 0 saturated carbocycles. The Balaban J connectivity index is 1.33. The molecule has 1 heterocycles. The quantitative estimate of drug-likeness (QED) is 0.217. The molecule has 0 amide bonds. The number of anilines is 3. The Kier molecular flexibility index (Phi) is 4.33. The number of allylic oxidation sites excluding steroid dienone is 4. The van der Waals surface area contributed by atoms with Gasteiger partial charge in [0, 0.05) is 5.69 Å². The molecule has 3 aliphatic carbocycles. The molecule has 1 aliphatic heterocycles. The third-order valence-electron chi connectivity index (χ3n) is 9.30. The van der Waals surface area contributed by atoms with Crippen molar-refractivity contribution in [2.75, 3.05) is 4.90 Å². The molecule has 4 aliphatic rings. The normalized spacial score (nSPS) is 20.8. The zero-order chi connectivity index (χ0) is 26.4. The van der Waals surface area contributed by atoms with Crippen LogP contribution in [-0.2, 0) is 5.41 Å². The first-order valence-electron chi connectivity index (χ1n) is 14.2. The highest BCUT2D eigenvalue weighted by atomic mass is 16.5. The molecule has 0 fully saturated rings. The van der Waals surface area contributed by atoms with Crippen molar-refractivity contribution in [2.45, 2.75) is 18.8 Å². The van der Waals surface area contributed by atoms with Crippen molar-refractivity contribution in [2.24, 2.45) is 5.92 Å². The number of nitrogens with zero attached hydrogens (tertiary/aromatic N) is 1. The van der Waals surface area contributed by atoms with Crippen LogP contribution < -0.4 is 9.64 Å². The third-order valence-corrected chi connectivity index (χ3v) is 9.30. The van der Waals surface area contributed by atoms with E-state index >= 15 is 0 Å². The van der Waals surface area contributed by atoms with E-state index in [1.54, 1.807) is 0 Å².